The first-order valence-corrected chi connectivity index (χ1v) is 9.28. The predicted molar refractivity (Wildman–Crippen MR) is 111 cm³/mol. The van der Waals surface area contributed by atoms with Gasteiger partial charge >= 0.3 is 5.97 Å². The van der Waals surface area contributed by atoms with Crippen molar-refractivity contribution in [3.63, 3.8) is 0 Å². The minimum absolute atomic E-state index is 0.230. The zero-order valence-electron chi connectivity index (χ0n) is 15.6. The highest BCUT2D eigenvalue weighted by Crippen LogP contribution is 2.34. The Hall–Kier alpha value is -3.13. The maximum absolute atomic E-state index is 11.1. The third-order valence-electron chi connectivity index (χ3n) is 4.43. The summed E-state index contributed by atoms with van der Waals surface area (Å²) >= 11 is 0. The maximum Gasteiger partial charge on any atom is 0.302 e. The summed E-state index contributed by atoms with van der Waals surface area (Å²) in [6, 6.07) is 31.4. The summed E-state index contributed by atoms with van der Waals surface area (Å²) < 4.78 is 5.16. The van der Waals surface area contributed by atoms with Crippen molar-refractivity contribution < 1.29 is 9.53 Å². The molecule has 0 heterocycles. The van der Waals surface area contributed by atoms with Gasteiger partial charge in [0.1, 0.15) is 0 Å². The van der Waals surface area contributed by atoms with Gasteiger partial charge in [0.2, 0.25) is 0 Å². The Bertz CT molecular complexity index is 840. The lowest BCUT2D eigenvalue weighted by molar-refractivity contribution is -0.141. The second-order valence-corrected chi connectivity index (χ2v) is 6.40. The van der Waals surface area contributed by atoms with Crippen LogP contribution in [-0.2, 0) is 9.53 Å². The Morgan fingerprint density at radius 2 is 1.15 bits per heavy atom. The third-order valence-corrected chi connectivity index (χ3v) is 4.43. The molecule has 136 valence electrons. The largest absolute Gasteiger partial charge is 0.466 e. The highest BCUT2D eigenvalue weighted by atomic mass is 16.5. The normalized spacial score (nSPS) is 10.3. The van der Waals surface area contributed by atoms with Crippen molar-refractivity contribution in [2.75, 3.05) is 6.61 Å². The number of hydrogen-bond donors (Lipinski definition) is 0. The van der Waals surface area contributed by atoms with E-state index in [0.717, 1.165) is 12.8 Å². The number of benzene rings is 3. The molecule has 27 heavy (non-hydrogen) atoms. The third kappa shape index (κ3) is 5.18. The molecule has 0 saturated heterocycles. The fourth-order valence-electron chi connectivity index (χ4n) is 3.24. The minimum Gasteiger partial charge on any atom is -0.466 e. The van der Waals surface area contributed by atoms with Gasteiger partial charge in [-0.1, -0.05) is 91.0 Å². The quantitative estimate of drug-likeness (QED) is 0.295. The van der Waals surface area contributed by atoms with Gasteiger partial charge in [0, 0.05) is 6.92 Å². The first-order chi connectivity index (χ1) is 13.3. The molecule has 0 aliphatic heterocycles. The number of carbonyl (C=O) groups excluding carboxylic acids is 1. The van der Waals surface area contributed by atoms with Crippen LogP contribution in [-0.4, -0.2) is 12.6 Å². The van der Waals surface area contributed by atoms with Gasteiger partial charge in [-0.25, -0.2) is 0 Å². The maximum atomic E-state index is 11.1. The number of carbonyl (C=O) groups is 1. The minimum atomic E-state index is -0.230. The van der Waals surface area contributed by atoms with Crippen molar-refractivity contribution in [1.82, 2.24) is 0 Å². The standard InChI is InChI=1S/C25H24O2/c1-20(26)27-19-11-18-24(21-12-5-2-6-13-21)25(22-14-7-3-8-15-22)23-16-9-4-10-17-23/h2-10,12-17H,11,18-19H2,1H3. The van der Waals surface area contributed by atoms with Crippen LogP contribution in [0.15, 0.2) is 91.0 Å². The molecular weight excluding hydrogens is 332 g/mol. The first kappa shape index (κ1) is 18.7. The molecule has 0 aliphatic rings. The molecule has 0 spiro atoms. The van der Waals surface area contributed by atoms with Gasteiger partial charge in [-0.05, 0) is 40.7 Å². The average molecular weight is 356 g/mol. The van der Waals surface area contributed by atoms with Crippen molar-refractivity contribution in [1.29, 1.82) is 0 Å². The SMILES string of the molecule is CC(=O)OCCCC(=C(c1ccccc1)c1ccccc1)c1ccccc1. The number of rotatable bonds is 7. The van der Waals surface area contributed by atoms with Gasteiger partial charge in [-0.2, -0.15) is 0 Å². The van der Waals surface area contributed by atoms with Crippen molar-refractivity contribution in [2.45, 2.75) is 19.8 Å². The van der Waals surface area contributed by atoms with Crippen LogP contribution in [0.3, 0.4) is 0 Å². The van der Waals surface area contributed by atoms with Crippen LogP contribution < -0.4 is 0 Å². The second kappa shape index (κ2) is 9.54. The molecule has 0 fully saturated rings. The smallest absolute Gasteiger partial charge is 0.302 e. The van der Waals surface area contributed by atoms with Crippen molar-refractivity contribution in [2.24, 2.45) is 0 Å². The summed E-state index contributed by atoms with van der Waals surface area (Å²) in [5.41, 5.74) is 6.07. The summed E-state index contributed by atoms with van der Waals surface area (Å²) in [6.07, 6.45) is 1.61. The molecule has 0 aliphatic carbocycles. The number of esters is 1. The van der Waals surface area contributed by atoms with E-state index in [1.807, 2.05) is 18.2 Å². The lowest BCUT2D eigenvalue weighted by Crippen LogP contribution is -2.02. The van der Waals surface area contributed by atoms with Crippen LogP contribution in [0.5, 0.6) is 0 Å². The zero-order chi connectivity index (χ0) is 18.9. The van der Waals surface area contributed by atoms with Crippen LogP contribution in [0, 0.1) is 0 Å². The fraction of sp³-hybridized carbons (Fsp3) is 0.160. The summed E-state index contributed by atoms with van der Waals surface area (Å²) in [4.78, 5) is 11.1. The van der Waals surface area contributed by atoms with E-state index in [0.29, 0.717) is 6.61 Å². The first-order valence-electron chi connectivity index (χ1n) is 9.28. The van der Waals surface area contributed by atoms with E-state index < -0.39 is 0 Å². The number of ether oxygens (including phenoxy) is 1. The predicted octanol–water partition coefficient (Wildman–Crippen LogP) is 5.99. The molecule has 0 unspecified atom stereocenters. The molecule has 3 aromatic rings. The van der Waals surface area contributed by atoms with Crippen LogP contribution >= 0.6 is 0 Å². The lowest BCUT2D eigenvalue weighted by atomic mass is 9.87. The highest BCUT2D eigenvalue weighted by Gasteiger charge is 2.14. The monoisotopic (exact) mass is 356 g/mol. The summed E-state index contributed by atoms with van der Waals surface area (Å²) in [5, 5.41) is 0. The van der Waals surface area contributed by atoms with Crippen molar-refractivity contribution in [3.8, 4) is 0 Å². The summed E-state index contributed by atoms with van der Waals surface area (Å²) in [7, 11) is 0. The molecule has 2 heteroatoms. The van der Waals surface area contributed by atoms with Gasteiger partial charge in [0.05, 0.1) is 6.61 Å². The Morgan fingerprint density at radius 1 is 0.704 bits per heavy atom. The topological polar surface area (TPSA) is 26.3 Å². The van der Waals surface area contributed by atoms with Gasteiger partial charge < -0.3 is 4.74 Å². The van der Waals surface area contributed by atoms with Gasteiger partial charge in [0.25, 0.3) is 0 Å². The van der Waals surface area contributed by atoms with Gasteiger partial charge in [-0.15, -0.1) is 0 Å². The molecule has 3 aromatic carbocycles. The van der Waals surface area contributed by atoms with E-state index in [9.17, 15) is 4.79 Å². The molecule has 0 bridgehead atoms. The van der Waals surface area contributed by atoms with Gasteiger partial charge in [-0.3, -0.25) is 4.79 Å². The number of hydrogen-bond acceptors (Lipinski definition) is 2. The molecule has 3 rings (SSSR count). The van der Waals surface area contributed by atoms with E-state index in [1.165, 1.54) is 34.8 Å². The summed E-state index contributed by atoms with van der Waals surface area (Å²) in [5.74, 6) is -0.230. The van der Waals surface area contributed by atoms with E-state index in [4.69, 9.17) is 4.74 Å². The second-order valence-electron chi connectivity index (χ2n) is 6.40. The van der Waals surface area contributed by atoms with E-state index in [1.54, 1.807) is 0 Å². The van der Waals surface area contributed by atoms with Crippen LogP contribution in [0.1, 0.15) is 36.5 Å². The van der Waals surface area contributed by atoms with Crippen LogP contribution in [0.25, 0.3) is 11.1 Å². The van der Waals surface area contributed by atoms with Crippen molar-refractivity contribution in [3.05, 3.63) is 108 Å². The molecule has 0 N–H and O–H groups in total. The van der Waals surface area contributed by atoms with E-state index in [2.05, 4.69) is 72.8 Å². The van der Waals surface area contributed by atoms with E-state index >= 15 is 0 Å². The lowest BCUT2D eigenvalue weighted by Gasteiger charge is -2.17. The molecule has 0 saturated carbocycles. The van der Waals surface area contributed by atoms with E-state index in [-0.39, 0.29) is 5.97 Å². The highest BCUT2D eigenvalue weighted by molar-refractivity contribution is 5.98. The average Bonchev–Trinajstić information content (AvgIpc) is 2.72. The molecule has 0 atom stereocenters. The van der Waals surface area contributed by atoms with Crippen LogP contribution in [0.4, 0.5) is 0 Å². The van der Waals surface area contributed by atoms with Gasteiger partial charge in [0.15, 0.2) is 0 Å². The van der Waals surface area contributed by atoms with Crippen LogP contribution in [0.2, 0.25) is 0 Å². The number of allylic oxidation sites excluding steroid dienone is 1. The Morgan fingerprint density at radius 3 is 1.59 bits per heavy atom. The Labute approximate surface area is 161 Å². The Kier molecular flexibility index (Phi) is 6.59. The molecular formula is C25H24O2. The summed E-state index contributed by atoms with van der Waals surface area (Å²) in [6.45, 7) is 1.88. The molecule has 0 aromatic heterocycles. The van der Waals surface area contributed by atoms with Crippen molar-refractivity contribution >= 4 is 17.1 Å². The molecule has 0 radical (unpaired) electrons. The molecule has 2 nitrogen and oxygen atoms in total. The molecule has 0 amide bonds. The Balaban J connectivity index is 2.09. The zero-order valence-corrected chi connectivity index (χ0v) is 15.6. The fourth-order valence-corrected chi connectivity index (χ4v) is 3.24.